The van der Waals surface area contributed by atoms with Crippen LogP contribution in [-0.2, 0) is 0 Å². The average molecular weight is 216 g/mol. The van der Waals surface area contributed by atoms with Crippen molar-refractivity contribution in [2.75, 3.05) is 5.73 Å². The third kappa shape index (κ3) is 1.89. The molecule has 0 spiro atoms. The average Bonchev–Trinajstić information content (AvgIpc) is 2.15. The molecule has 82 valence electrons. The molecule has 0 aliphatic heterocycles. The van der Waals surface area contributed by atoms with E-state index in [1.54, 1.807) is 6.07 Å². The quantitative estimate of drug-likeness (QED) is 0.795. The molecule has 0 aliphatic carbocycles. The number of hydrogen-bond acceptors (Lipinski definition) is 2. The van der Waals surface area contributed by atoms with Crippen molar-refractivity contribution in [1.82, 2.24) is 4.98 Å². The summed E-state index contributed by atoms with van der Waals surface area (Å²) in [5, 5.41) is 0. The minimum absolute atomic E-state index is 0.220. The molecule has 2 rings (SSSR count). The first-order valence-corrected chi connectivity index (χ1v) is 5.07. The molecule has 0 radical (unpaired) electrons. The van der Waals surface area contributed by atoms with Crippen molar-refractivity contribution in [3.63, 3.8) is 0 Å². The maximum Gasteiger partial charge on any atom is 0.124 e. The molecule has 0 aliphatic rings. The molecule has 16 heavy (non-hydrogen) atoms. The summed E-state index contributed by atoms with van der Waals surface area (Å²) in [5.74, 6) is 0.253. The Morgan fingerprint density at radius 3 is 2.31 bits per heavy atom. The van der Waals surface area contributed by atoms with Crippen LogP contribution in [0.1, 0.15) is 11.1 Å². The summed E-state index contributed by atoms with van der Waals surface area (Å²) >= 11 is 0. The van der Waals surface area contributed by atoms with Crippen molar-refractivity contribution in [1.29, 1.82) is 0 Å². The van der Waals surface area contributed by atoms with Crippen molar-refractivity contribution < 1.29 is 4.39 Å². The normalized spacial score (nSPS) is 10.4. The number of nitrogens with zero attached hydrogens (tertiary/aromatic N) is 1. The van der Waals surface area contributed by atoms with Gasteiger partial charge in [0.1, 0.15) is 11.6 Å². The maximum atomic E-state index is 13.2. The molecule has 0 amide bonds. The summed E-state index contributed by atoms with van der Waals surface area (Å²) < 4.78 is 13.2. The molecule has 0 saturated carbocycles. The van der Waals surface area contributed by atoms with Gasteiger partial charge in [0, 0.05) is 5.56 Å². The van der Waals surface area contributed by atoms with Crippen molar-refractivity contribution >= 4 is 5.82 Å². The first kappa shape index (κ1) is 10.6. The third-order valence-corrected chi connectivity index (χ3v) is 2.52. The van der Waals surface area contributed by atoms with Gasteiger partial charge in [0.2, 0.25) is 0 Å². The van der Waals surface area contributed by atoms with Crippen molar-refractivity contribution in [2.45, 2.75) is 13.8 Å². The number of nitrogens with two attached hydrogens (primary N) is 1. The summed E-state index contributed by atoms with van der Waals surface area (Å²) in [5.41, 5.74) is 9.12. The van der Waals surface area contributed by atoms with Crippen molar-refractivity contribution in [3.05, 3.63) is 47.3 Å². The number of benzene rings is 1. The van der Waals surface area contributed by atoms with Crippen molar-refractivity contribution in [3.8, 4) is 11.3 Å². The van der Waals surface area contributed by atoms with Crippen LogP contribution in [-0.4, -0.2) is 4.98 Å². The third-order valence-electron chi connectivity index (χ3n) is 2.52. The van der Waals surface area contributed by atoms with E-state index in [1.807, 2.05) is 26.0 Å². The van der Waals surface area contributed by atoms with Gasteiger partial charge in [-0.1, -0.05) is 6.07 Å². The van der Waals surface area contributed by atoms with Gasteiger partial charge in [0.05, 0.1) is 5.69 Å². The zero-order chi connectivity index (χ0) is 11.7. The molecule has 1 aromatic carbocycles. The van der Waals surface area contributed by atoms with Gasteiger partial charge in [-0.2, -0.15) is 0 Å². The van der Waals surface area contributed by atoms with E-state index >= 15 is 0 Å². The lowest BCUT2D eigenvalue weighted by molar-refractivity contribution is 0.625. The summed E-state index contributed by atoms with van der Waals surface area (Å²) in [6, 6.07) is 8.47. The van der Waals surface area contributed by atoms with E-state index in [0.717, 1.165) is 22.4 Å². The Labute approximate surface area is 93.9 Å². The Morgan fingerprint density at radius 1 is 1.12 bits per heavy atom. The minimum Gasteiger partial charge on any atom is -0.384 e. The molecule has 1 heterocycles. The summed E-state index contributed by atoms with van der Waals surface area (Å²) in [4.78, 5) is 4.25. The van der Waals surface area contributed by atoms with Crippen LogP contribution in [0.15, 0.2) is 30.3 Å². The number of halogens is 1. The molecule has 2 N–H and O–H groups in total. The Hall–Kier alpha value is -1.90. The first-order chi connectivity index (χ1) is 7.58. The fourth-order valence-corrected chi connectivity index (χ4v) is 1.91. The highest BCUT2D eigenvalue weighted by atomic mass is 19.1. The van der Waals surface area contributed by atoms with E-state index in [1.165, 1.54) is 12.1 Å². The van der Waals surface area contributed by atoms with E-state index in [0.29, 0.717) is 5.82 Å². The van der Waals surface area contributed by atoms with Crippen LogP contribution < -0.4 is 5.73 Å². The standard InChI is InChI=1S/C13H13FN2/c1-8-6-10(14)7-9(2)13(8)11-4-3-5-12(15)16-11/h3-7H,1-2H3,(H2,15,16). The largest absolute Gasteiger partial charge is 0.384 e. The highest BCUT2D eigenvalue weighted by Crippen LogP contribution is 2.26. The molecule has 0 fully saturated rings. The lowest BCUT2D eigenvalue weighted by Gasteiger charge is -2.09. The van der Waals surface area contributed by atoms with Gasteiger partial charge in [-0.25, -0.2) is 9.37 Å². The SMILES string of the molecule is Cc1cc(F)cc(C)c1-c1cccc(N)n1. The maximum absolute atomic E-state index is 13.2. The van der Waals surface area contributed by atoms with Gasteiger partial charge in [0.15, 0.2) is 0 Å². The van der Waals surface area contributed by atoms with Gasteiger partial charge < -0.3 is 5.73 Å². The lowest BCUT2D eigenvalue weighted by Crippen LogP contribution is -1.95. The Balaban J connectivity index is 2.64. The number of nitrogen functional groups attached to an aromatic ring is 1. The van der Waals surface area contributed by atoms with E-state index in [-0.39, 0.29) is 5.82 Å². The smallest absolute Gasteiger partial charge is 0.124 e. The van der Waals surface area contributed by atoms with E-state index < -0.39 is 0 Å². The van der Waals surface area contributed by atoms with Crippen LogP contribution in [0.4, 0.5) is 10.2 Å². The Kier molecular flexibility index (Phi) is 2.60. The highest BCUT2D eigenvalue weighted by Gasteiger charge is 2.08. The number of anilines is 1. The van der Waals surface area contributed by atoms with Crippen LogP contribution in [0, 0.1) is 19.7 Å². The predicted octanol–water partition coefficient (Wildman–Crippen LogP) is 3.09. The molecular formula is C13H13FN2. The zero-order valence-electron chi connectivity index (χ0n) is 9.29. The van der Waals surface area contributed by atoms with E-state index in [9.17, 15) is 4.39 Å². The molecule has 0 unspecified atom stereocenters. The molecule has 0 saturated heterocycles. The Bertz CT molecular complexity index is 512. The lowest BCUT2D eigenvalue weighted by atomic mass is 9.99. The van der Waals surface area contributed by atoms with Gasteiger partial charge in [0.25, 0.3) is 0 Å². The predicted molar refractivity (Wildman–Crippen MR) is 63.5 cm³/mol. The summed E-state index contributed by atoms with van der Waals surface area (Å²) in [6.07, 6.45) is 0. The fraction of sp³-hybridized carbons (Fsp3) is 0.154. The highest BCUT2D eigenvalue weighted by molar-refractivity contribution is 5.68. The zero-order valence-corrected chi connectivity index (χ0v) is 9.29. The van der Waals surface area contributed by atoms with Gasteiger partial charge in [-0.15, -0.1) is 0 Å². The minimum atomic E-state index is -0.220. The van der Waals surface area contributed by atoms with Gasteiger partial charge >= 0.3 is 0 Å². The molecule has 1 aromatic heterocycles. The van der Waals surface area contributed by atoms with Crippen molar-refractivity contribution in [2.24, 2.45) is 0 Å². The fourth-order valence-electron chi connectivity index (χ4n) is 1.91. The Morgan fingerprint density at radius 2 is 1.75 bits per heavy atom. The molecule has 2 aromatic rings. The number of hydrogen-bond donors (Lipinski definition) is 1. The molecular weight excluding hydrogens is 203 g/mol. The van der Waals surface area contributed by atoms with Crippen LogP contribution in [0.3, 0.4) is 0 Å². The second-order valence-electron chi connectivity index (χ2n) is 3.86. The number of rotatable bonds is 1. The number of pyridine rings is 1. The monoisotopic (exact) mass is 216 g/mol. The van der Waals surface area contributed by atoms with E-state index in [2.05, 4.69) is 4.98 Å². The number of aryl methyl sites for hydroxylation is 2. The first-order valence-electron chi connectivity index (χ1n) is 5.07. The topological polar surface area (TPSA) is 38.9 Å². The number of aromatic nitrogens is 1. The molecule has 3 heteroatoms. The van der Waals surface area contributed by atoms with Gasteiger partial charge in [-0.3, -0.25) is 0 Å². The second-order valence-corrected chi connectivity index (χ2v) is 3.86. The van der Waals surface area contributed by atoms with Gasteiger partial charge in [-0.05, 0) is 49.2 Å². The molecule has 2 nitrogen and oxygen atoms in total. The van der Waals surface area contributed by atoms with Crippen LogP contribution >= 0.6 is 0 Å². The summed E-state index contributed by atoms with van der Waals surface area (Å²) in [6.45, 7) is 3.74. The van der Waals surface area contributed by atoms with Crippen LogP contribution in [0.2, 0.25) is 0 Å². The molecule has 0 bridgehead atoms. The van der Waals surface area contributed by atoms with E-state index in [4.69, 9.17) is 5.73 Å². The summed E-state index contributed by atoms with van der Waals surface area (Å²) in [7, 11) is 0. The van der Waals surface area contributed by atoms with Crippen LogP contribution in [0.5, 0.6) is 0 Å². The molecule has 0 atom stereocenters. The van der Waals surface area contributed by atoms with Crippen LogP contribution in [0.25, 0.3) is 11.3 Å². The second kappa shape index (κ2) is 3.93.